The van der Waals surface area contributed by atoms with E-state index in [1.165, 1.54) is 0 Å². The molecule has 0 aromatic carbocycles. The van der Waals surface area contributed by atoms with Crippen molar-refractivity contribution in [2.45, 2.75) is 20.8 Å². The lowest BCUT2D eigenvalue weighted by molar-refractivity contribution is 0.310. The van der Waals surface area contributed by atoms with Gasteiger partial charge in [-0.05, 0) is 26.1 Å². The summed E-state index contributed by atoms with van der Waals surface area (Å²) >= 11 is 0. The van der Waals surface area contributed by atoms with Gasteiger partial charge in [-0.1, -0.05) is 13.8 Å². The minimum absolute atomic E-state index is 0.747. The number of anilines is 3. The Kier molecular flexibility index (Phi) is 5.18. The van der Waals surface area contributed by atoms with E-state index in [-0.39, 0.29) is 0 Å². The maximum atomic E-state index is 4.74. The summed E-state index contributed by atoms with van der Waals surface area (Å²) in [6.45, 7) is 9.89. The Hall–Kier alpha value is -2.61. The normalized spacial score (nSPS) is 15.1. The molecule has 0 saturated carbocycles. The van der Waals surface area contributed by atoms with E-state index in [4.69, 9.17) is 4.98 Å². The minimum atomic E-state index is 0.747. The molecular weight excluding hydrogens is 316 g/mol. The van der Waals surface area contributed by atoms with Crippen LogP contribution in [0.1, 0.15) is 19.5 Å². The van der Waals surface area contributed by atoms with Gasteiger partial charge in [-0.15, -0.1) is 5.10 Å². The van der Waals surface area contributed by atoms with Crippen molar-refractivity contribution >= 4 is 23.1 Å². The van der Waals surface area contributed by atoms with E-state index in [2.05, 4.69) is 37.5 Å². The second-order valence-corrected chi connectivity index (χ2v) is 5.95. The highest BCUT2D eigenvalue weighted by molar-refractivity contribution is 5.73. The molecular formula is C17H26N8. The third-order valence-corrected chi connectivity index (χ3v) is 4.12. The van der Waals surface area contributed by atoms with Gasteiger partial charge < -0.3 is 15.1 Å². The van der Waals surface area contributed by atoms with Crippen molar-refractivity contribution in [3.63, 3.8) is 0 Å². The smallest absolute Gasteiger partial charge is 0.245 e. The lowest BCUT2D eigenvalue weighted by Crippen LogP contribution is -2.45. The van der Waals surface area contributed by atoms with Crippen LogP contribution >= 0.6 is 0 Å². The highest BCUT2D eigenvalue weighted by atomic mass is 15.4. The van der Waals surface area contributed by atoms with E-state index in [0.29, 0.717) is 0 Å². The Morgan fingerprint density at radius 3 is 2.60 bits per heavy atom. The first-order valence-corrected chi connectivity index (χ1v) is 8.77. The fourth-order valence-corrected chi connectivity index (χ4v) is 2.76. The molecule has 3 aromatic heterocycles. The van der Waals surface area contributed by atoms with Crippen LogP contribution in [0.5, 0.6) is 0 Å². The molecule has 0 amide bonds. The summed E-state index contributed by atoms with van der Waals surface area (Å²) < 4.78 is 1.86. The van der Waals surface area contributed by atoms with Crippen LogP contribution in [0.25, 0.3) is 5.52 Å². The number of hydrogen-bond donors (Lipinski definition) is 2. The minimum Gasteiger partial charge on any atom is -0.337 e. The van der Waals surface area contributed by atoms with E-state index in [0.717, 1.165) is 55.0 Å². The van der Waals surface area contributed by atoms with Crippen molar-refractivity contribution in [1.29, 1.82) is 0 Å². The van der Waals surface area contributed by atoms with E-state index in [9.17, 15) is 0 Å². The maximum Gasteiger partial charge on any atom is 0.245 e. The number of aromatic nitrogens is 5. The van der Waals surface area contributed by atoms with Gasteiger partial charge >= 0.3 is 0 Å². The zero-order valence-electron chi connectivity index (χ0n) is 15.3. The van der Waals surface area contributed by atoms with Crippen LogP contribution < -0.4 is 10.2 Å². The summed E-state index contributed by atoms with van der Waals surface area (Å²) in [5.74, 6) is 2.27. The number of aromatic amines is 1. The predicted octanol–water partition coefficient (Wildman–Crippen LogP) is 2.28. The lowest BCUT2D eigenvalue weighted by atomic mass is 10.3. The number of likely N-dealkylation sites (N-methyl/N-ethyl adjacent to an activating group) is 1. The van der Waals surface area contributed by atoms with Crippen LogP contribution in [0.3, 0.4) is 0 Å². The fraction of sp³-hybridized carbons (Fsp3) is 0.471. The van der Waals surface area contributed by atoms with Gasteiger partial charge in [0, 0.05) is 44.1 Å². The van der Waals surface area contributed by atoms with Gasteiger partial charge in [0.25, 0.3) is 0 Å². The van der Waals surface area contributed by atoms with E-state index >= 15 is 0 Å². The largest absolute Gasteiger partial charge is 0.337 e. The number of hydrogen-bond acceptors (Lipinski definition) is 6. The fourth-order valence-electron chi connectivity index (χ4n) is 2.76. The molecule has 8 nitrogen and oxygen atoms in total. The summed E-state index contributed by atoms with van der Waals surface area (Å²) in [4.78, 5) is 9.28. The second kappa shape index (κ2) is 7.52. The Balaban J connectivity index is 0.000000880. The summed E-state index contributed by atoms with van der Waals surface area (Å²) in [6, 6.07) is 5.92. The average Bonchev–Trinajstić information content (AvgIpc) is 3.26. The quantitative estimate of drug-likeness (QED) is 0.760. The van der Waals surface area contributed by atoms with Gasteiger partial charge in [-0.2, -0.15) is 10.1 Å². The second-order valence-electron chi connectivity index (χ2n) is 5.95. The molecule has 4 heterocycles. The van der Waals surface area contributed by atoms with Crippen molar-refractivity contribution < 1.29 is 0 Å². The van der Waals surface area contributed by atoms with Gasteiger partial charge in [-0.3, -0.25) is 5.10 Å². The first kappa shape index (κ1) is 17.2. The highest BCUT2D eigenvalue weighted by Gasteiger charge is 2.19. The van der Waals surface area contributed by atoms with Crippen molar-refractivity contribution in [2.75, 3.05) is 43.4 Å². The van der Waals surface area contributed by atoms with E-state index in [1.54, 1.807) is 0 Å². The van der Waals surface area contributed by atoms with Crippen LogP contribution in [0, 0.1) is 6.92 Å². The SMILES string of the molecule is CC.Cc1cc(Nc2nc(N3CCN(C)CC3)nn3cccc23)n[nH]1. The number of H-pyrrole nitrogens is 1. The summed E-state index contributed by atoms with van der Waals surface area (Å²) in [6.07, 6.45) is 1.94. The Bertz CT molecular complexity index is 813. The number of piperazine rings is 1. The molecule has 4 rings (SSSR count). The van der Waals surface area contributed by atoms with Crippen molar-refractivity contribution in [3.05, 3.63) is 30.1 Å². The van der Waals surface area contributed by atoms with Gasteiger partial charge in [0.2, 0.25) is 5.95 Å². The Labute approximate surface area is 147 Å². The van der Waals surface area contributed by atoms with Crippen LogP contribution in [-0.4, -0.2) is 62.9 Å². The number of fused-ring (bicyclic) bond motifs is 1. The molecule has 0 aliphatic carbocycles. The number of aryl methyl sites for hydroxylation is 1. The topological polar surface area (TPSA) is 77.4 Å². The van der Waals surface area contributed by atoms with Gasteiger partial charge in [0.15, 0.2) is 11.6 Å². The van der Waals surface area contributed by atoms with Crippen molar-refractivity contribution in [3.8, 4) is 0 Å². The molecule has 1 aliphatic heterocycles. The molecule has 1 saturated heterocycles. The standard InChI is InChI=1S/C15H20N8.C2H6/c1-11-10-13(19-18-11)16-14-12-4-3-5-23(12)20-15(17-14)22-8-6-21(2)7-9-22;1-2/h3-5,10H,6-9H2,1-2H3,(H2,16,17,18,19,20);1-2H3. The van der Waals surface area contributed by atoms with Crippen LogP contribution in [0.2, 0.25) is 0 Å². The molecule has 0 bridgehead atoms. The van der Waals surface area contributed by atoms with E-state index in [1.807, 2.05) is 49.7 Å². The zero-order valence-corrected chi connectivity index (χ0v) is 15.3. The Morgan fingerprint density at radius 1 is 1.16 bits per heavy atom. The molecule has 2 N–H and O–H groups in total. The maximum absolute atomic E-state index is 4.74. The molecule has 1 fully saturated rings. The lowest BCUT2D eigenvalue weighted by Gasteiger charge is -2.32. The Morgan fingerprint density at radius 2 is 1.92 bits per heavy atom. The van der Waals surface area contributed by atoms with Crippen LogP contribution in [0.4, 0.5) is 17.6 Å². The first-order chi connectivity index (χ1) is 12.2. The molecule has 25 heavy (non-hydrogen) atoms. The van der Waals surface area contributed by atoms with Crippen LogP contribution in [0.15, 0.2) is 24.4 Å². The molecule has 8 heteroatoms. The predicted molar refractivity (Wildman–Crippen MR) is 101 cm³/mol. The van der Waals surface area contributed by atoms with Gasteiger partial charge in [0.05, 0.1) is 0 Å². The molecule has 134 valence electrons. The monoisotopic (exact) mass is 342 g/mol. The molecule has 1 aliphatic rings. The van der Waals surface area contributed by atoms with Crippen molar-refractivity contribution in [1.82, 2.24) is 29.7 Å². The third kappa shape index (κ3) is 3.74. The summed E-state index contributed by atoms with van der Waals surface area (Å²) in [7, 11) is 2.14. The van der Waals surface area contributed by atoms with Gasteiger partial charge in [-0.25, -0.2) is 4.52 Å². The average molecular weight is 342 g/mol. The number of nitrogens with one attached hydrogen (secondary N) is 2. The molecule has 0 unspecified atom stereocenters. The molecule has 0 radical (unpaired) electrons. The first-order valence-electron chi connectivity index (χ1n) is 8.77. The van der Waals surface area contributed by atoms with Crippen LogP contribution in [-0.2, 0) is 0 Å². The summed E-state index contributed by atoms with van der Waals surface area (Å²) in [5.41, 5.74) is 1.94. The van der Waals surface area contributed by atoms with Crippen molar-refractivity contribution in [2.24, 2.45) is 0 Å². The van der Waals surface area contributed by atoms with E-state index < -0.39 is 0 Å². The highest BCUT2D eigenvalue weighted by Crippen LogP contribution is 2.22. The molecule has 0 spiro atoms. The number of nitrogens with zero attached hydrogens (tertiary/aromatic N) is 6. The zero-order chi connectivity index (χ0) is 17.8. The number of rotatable bonds is 3. The molecule has 3 aromatic rings. The third-order valence-electron chi connectivity index (χ3n) is 4.12. The van der Waals surface area contributed by atoms with Gasteiger partial charge in [0.1, 0.15) is 5.52 Å². The summed E-state index contributed by atoms with van der Waals surface area (Å²) in [5, 5.41) is 15.1. The molecule has 0 atom stereocenters.